The minimum atomic E-state index is 0.438. The van der Waals surface area contributed by atoms with Crippen LogP contribution >= 0.6 is 11.6 Å². The van der Waals surface area contributed by atoms with E-state index in [1.54, 1.807) is 0 Å². The van der Waals surface area contributed by atoms with Crippen molar-refractivity contribution < 1.29 is 0 Å². The predicted molar refractivity (Wildman–Crippen MR) is 76.8 cm³/mol. The van der Waals surface area contributed by atoms with Gasteiger partial charge in [-0.3, -0.25) is 0 Å². The standard InChI is InChI=1S/C15H24ClN/c1-10(2)6-7-15(17-5)13-8-12(4)14(16)9-11(13)3/h8-10,15,17H,6-7H2,1-5H3. The number of hydrogen-bond donors (Lipinski definition) is 1. The fourth-order valence-corrected chi connectivity index (χ4v) is 2.35. The molecule has 1 atom stereocenters. The summed E-state index contributed by atoms with van der Waals surface area (Å²) >= 11 is 6.14. The fourth-order valence-electron chi connectivity index (χ4n) is 2.13. The van der Waals surface area contributed by atoms with Crippen LogP contribution in [0, 0.1) is 19.8 Å². The number of rotatable bonds is 5. The molecule has 0 aromatic heterocycles. The first-order valence-corrected chi connectivity index (χ1v) is 6.77. The summed E-state index contributed by atoms with van der Waals surface area (Å²) in [6.45, 7) is 8.75. The summed E-state index contributed by atoms with van der Waals surface area (Å²) < 4.78 is 0. The van der Waals surface area contributed by atoms with Crippen LogP contribution in [-0.2, 0) is 0 Å². The third-order valence-electron chi connectivity index (χ3n) is 3.30. The smallest absolute Gasteiger partial charge is 0.0438 e. The van der Waals surface area contributed by atoms with Gasteiger partial charge < -0.3 is 5.32 Å². The van der Waals surface area contributed by atoms with Gasteiger partial charge in [-0.15, -0.1) is 0 Å². The number of halogens is 1. The summed E-state index contributed by atoms with van der Waals surface area (Å²) in [5, 5.41) is 4.28. The first-order valence-electron chi connectivity index (χ1n) is 6.39. The van der Waals surface area contributed by atoms with E-state index in [1.807, 2.05) is 7.05 Å². The van der Waals surface area contributed by atoms with Gasteiger partial charge in [0, 0.05) is 11.1 Å². The van der Waals surface area contributed by atoms with Gasteiger partial charge in [0.2, 0.25) is 0 Å². The van der Waals surface area contributed by atoms with Crippen LogP contribution in [0.3, 0.4) is 0 Å². The molecule has 1 nitrogen and oxygen atoms in total. The number of benzene rings is 1. The monoisotopic (exact) mass is 253 g/mol. The Morgan fingerprint density at radius 3 is 2.29 bits per heavy atom. The number of nitrogens with one attached hydrogen (secondary N) is 1. The van der Waals surface area contributed by atoms with Crippen molar-refractivity contribution in [2.75, 3.05) is 7.05 Å². The molecule has 0 spiro atoms. The Balaban J connectivity index is 2.91. The highest BCUT2D eigenvalue weighted by Gasteiger charge is 2.13. The Morgan fingerprint density at radius 1 is 1.12 bits per heavy atom. The zero-order valence-electron chi connectivity index (χ0n) is 11.6. The Morgan fingerprint density at radius 2 is 1.76 bits per heavy atom. The second-order valence-corrected chi connectivity index (χ2v) is 5.68. The lowest BCUT2D eigenvalue weighted by Gasteiger charge is -2.21. The molecule has 1 unspecified atom stereocenters. The summed E-state index contributed by atoms with van der Waals surface area (Å²) in [4.78, 5) is 0. The maximum absolute atomic E-state index is 6.14. The van der Waals surface area contributed by atoms with E-state index in [-0.39, 0.29) is 0 Å². The fraction of sp³-hybridized carbons (Fsp3) is 0.600. The highest BCUT2D eigenvalue weighted by molar-refractivity contribution is 6.31. The van der Waals surface area contributed by atoms with Gasteiger partial charge in [0.25, 0.3) is 0 Å². The average Bonchev–Trinajstić information content (AvgIpc) is 2.25. The molecule has 17 heavy (non-hydrogen) atoms. The Labute approximate surface area is 111 Å². The molecule has 0 amide bonds. The zero-order valence-corrected chi connectivity index (χ0v) is 12.4. The van der Waals surface area contributed by atoms with Crippen LogP contribution in [0.15, 0.2) is 12.1 Å². The van der Waals surface area contributed by atoms with Gasteiger partial charge in [0.1, 0.15) is 0 Å². The number of aryl methyl sites for hydroxylation is 2. The van der Waals surface area contributed by atoms with Gasteiger partial charge in [0.15, 0.2) is 0 Å². The molecule has 0 aliphatic heterocycles. The van der Waals surface area contributed by atoms with Crippen molar-refractivity contribution in [3.63, 3.8) is 0 Å². The lowest BCUT2D eigenvalue weighted by Crippen LogP contribution is -2.18. The van der Waals surface area contributed by atoms with E-state index >= 15 is 0 Å². The third kappa shape index (κ3) is 4.01. The average molecular weight is 254 g/mol. The van der Waals surface area contributed by atoms with Crippen LogP contribution in [0.4, 0.5) is 0 Å². The molecule has 1 aromatic carbocycles. The zero-order chi connectivity index (χ0) is 13.0. The van der Waals surface area contributed by atoms with E-state index in [0.717, 1.165) is 16.5 Å². The summed E-state index contributed by atoms with van der Waals surface area (Å²) in [5.41, 5.74) is 3.83. The van der Waals surface area contributed by atoms with Crippen molar-refractivity contribution >= 4 is 11.6 Å². The quantitative estimate of drug-likeness (QED) is 0.805. The van der Waals surface area contributed by atoms with Crippen LogP contribution in [0.2, 0.25) is 5.02 Å². The SMILES string of the molecule is CNC(CCC(C)C)c1cc(C)c(Cl)cc1C. The number of hydrogen-bond acceptors (Lipinski definition) is 1. The minimum Gasteiger partial charge on any atom is -0.313 e. The Kier molecular flexibility index (Phi) is 5.48. The molecule has 0 aliphatic carbocycles. The second kappa shape index (κ2) is 6.42. The molecule has 0 heterocycles. The summed E-state index contributed by atoms with van der Waals surface area (Å²) in [5.74, 6) is 0.750. The molecule has 0 bridgehead atoms. The molecule has 0 aliphatic rings. The van der Waals surface area contributed by atoms with Crippen LogP contribution < -0.4 is 5.32 Å². The molecule has 0 radical (unpaired) electrons. The second-order valence-electron chi connectivity index (χ2n) is 5.27. The highest BCUT2D eigenvalue weighted by atomic mass is 35.5. The highest BCUT2D eigenvalue weighted by Crippen LogP contribution is 2.28. The van der Waals surface area contributed by atoms with Crippen molar-refractivity contribution in [2.45, 2.75) is 46.6 Å². The molecule has 1 N–H and O–H groups in total. The molecule has 0 saturated carbocycles. The molecular weight excluding hydrogens is 230 g/mol. The largest absolute Gasteiger partial charge is 0.313 e. The Hall–Kier alpha value is -0.530. The predicted octanol–water partition coefficient (Wildman–Crippen LogP) is 4.65. The molecule has 0 fully saturated rings. The van der Waals surface area contributed by atoms with Gasteiger partial charge in [-0.2, -0.15) is 0 Å². The van der Waals surface area contributed by atoms with E-state index in [9.17, 15) is 0 Å². The van der Waals surface area contributed by atoms with Crippen LogP contribution in [0.25, 0.3) is 0 Å². The normalized spacial score (nSPS) is 13.1. The minimum absolute atomic E-state index is 0.438. The topological polar surface area (TPSA) is 12.0 Å². The maximum Gasteiger partial charge on any atom is 0.0438 e. The van der Waals surface area contributed by atoms with Gasteiger partial charge in [-0.05, 0) is 62.4 Å². The maximum atomic E-state index is 6.14. The van der Waals surface area contributed by atoms with Gasteiger partial charge in [-0.25, -0.2) is 0 Å². The molecule has 2 heteroatoms. The summed E-state index contributed by atoms with van der Waals surface area (Å²) in [6.07, 6.45) is 2.42. The van der Waals surface area contributed by atoms with Crippen molar-refractivity contribution in [1.82, 2.24) is 5.32 Å². The van der Waals surface area contributed by atoms with Crippen molar-refractivity contribution in [3.8, 4) is 0 Å². The van der Waals surface area contributed by atoms with Crippen LogP contribution in [-0.4, -0.2) is 7.05 Å². The molecule has 1 rings (SSSR count). The van der Waals surface area contributed by atoms with Gasteiger partial charge in [-0.1, -0.05) is 31.5 Å². The van der Waals surface area contributed by atoms with Crippen molar-refractivity contribution in [2.24, 2.45) is 5.92 Å². The van der Waals surface area contributed by atoms with E-state index in [2.05, 4.69) is 45.1 Å². The van der Waals surface area contributed by atoms with Crippen LogP contribution in [0.5, 0.6) is 0 Å². The molecule has 1 aromatic rings. The van der Waals surface area contributed by atoms with E-state index in [0.29, 0.717) is 6.04 Å². The van der Waals surface area contributed by atoms with Crippen molar-refractivity contribution in [3.05, 3.63) is 33.8 Å². The van der Waals surface area contributed by atoms with E-state index in [1.165, 1.54) is 24.0 Å². The first-order chi connectivity index (χ1) is 7.95. The van der Waals surface area contributed by atoms with Gasteiger partial charge >= 0.3 is 0 Å². The molecular formula is C15H24ClN. The lowest BCUT2D eigenvalue weighted by atomic mass is 9.93. The molecule has 0 saturated heterocycles. The first kappa shape index (κ1) is 14.5. The summed E-state index contributed by atoms with van der Waals surface area (Å²) in [6, 6.07) is 4.74. The van der Waals surface area contributed by atoms with Crippen molar-refractivity contribution in [1.29, 1.82) is 0 Å². The van der Waals surface area contributed by atoms with Gasteiger partial charge in [0.05, 0.1) is 0 Å². The Bertz CT molecular complexity index is 371. The third-order valence-corrected chi connectivity index (χ3v) is 3.71. The van der Waals surface area contributed by atoms with Crippen LogP contribution in [0.1, 0.15) is 49.4 Å². The van der Waals surface area contributed by atoms with E-state index in [4.69, 9.17) is 11.6 Å². The lowest BCUT2D eigenvalue weighted by molar-refractivity contribution is 0.463. The molecule has 96 valence electrons. The van der Waals surface area contributed by atoms with E-state index < -0.39 is 0 Å². The summed E-state index contributed by atoms with van der Waals surface area (Å²) in [7, 11) is 2.04.